The van der Waals surface area contributed by atoms with E-state index in [1.54, 1.807) is 6.07 Å². The molecule has 1 aromatic rings. The molecule has 1 unspecified atom stereocenters. The number of halogens is 1. The van der Waals surface area contributed by atoms with Crippen LogP contribution in [0.2, 0.25) is 0 Å². The second-order valence-corrected chi connectivity index (χ2v) is 6.77. The molecule has 0 heterocycles. The number of nitrogens with zero attached hydrogens (tertiary/aromatic N) is 1. The van der Waals surface area contributed by atoms with Gasteiger partial charge in [0.05, 0.1) is 0 Å². The minimum Gasteiger partial charge on any atom is -0.368 e. The van der Waals surface area contributed by atoms with Crippen LogP contribution in [-0.4, -0.2) is 19.1 Å². The molecule has 0 bridgehead atoms. The van der Waals surface area contributed by atoms with Gasteiger partial charge in [-0.25, -0.2) is 4.39 Å². The largest absolute Gasteiger partial charge is 0.368 e. The lowest BCUT2D eigenvalue weighted by Gasteiger charge is -2.30. The van der Waals surface area contributed by atoms with Crippen molar-refractivity contribution in [1.29, 1.82) is 0 Å². The summed E-state index contributed by atoms with van der Waals surface area (Å²) in [6.45, 7) is 8.18. The summed E-state index contributed by atoms with van der Waals surface area (Å²) in [6, 6.07) is 4.70. The maximum Gasteiger partial charge on any atom is 0.126 e. The molecule has 0 saturated heterocycles. The number of hydrogen-bond donors (Lipinski definition) is 1. The summed E-state index contributed by atoms with van der Waals surface area (Å²) in [7, 11) is 0. The molecule has 1 aromatic carbocycles. The van der Waals surface area contributed by atoms with Crippen LogP contribution in [0.5, 0.6) is 0 Å². The Labute approximate surface area is 127 Å². The standard InChI is InChI=1S/C18H27FN2/c1-4-20-13(3)16-10-17(19)12(2)9-18(16)21(15-7-8-15)11-14-5-6-14/h9-10,13-15,20H,4-8,11H2,1-3H3. The molecule has 3 rings (SSSR count). The Morgan fingerprint density at radius 2 is 2.00 bits per heavy atom. The Morgan fingerprint density at radius 1 is 1.29 bits per heavy atom. The van der Waals surface area contributed by atoms with Crippen LogP contribution in [0.15, 0.2) is 12.1 Å². The number of rotatable bonds is 7. The number of benzene rings is 1. The van der Waals surface area contributed by atoms with E-state index in [2.05, 4.69) is 30.1 Å². The van der Waals surface area contributed by atoms with E-state index in [-0.39, 0.29) is 11.9 Å². The number of nitrogens with one attached hydrogen (secondary N) is 1. The van der Waals surface area contributed by atoms with Crippen molar-refractivity contribution in [2.24, 2.45) is 5.92 Å². The Bertz CT molecular complexity index is 506. The second kappa shape index (κ2) is 5.96. The van der Waals surface area contributed by atoms with E-state index in [0.717, 1.165) is 30.1 Å². The van der Waals surface area contributed by atoms with E-state index >= 15 is 0 Å². The van der Waals surface area contributed by atoms with Crippen molar-refractivity contribution in [2.45, 2.75) is 58.5 Å². The summed E-state index contributed by atoms with van der Waals surface area (Å²) in [5.74, 6) is 0.777. The number of hydrogen-bond acceptors (Lipinski definition) is 2. The van der Waals surface area contributed by atoms with E-state index in [1.807, 2.05) is 6.92 Å². The summed E-state index contributed by atoms with van der Waals surface area (Å²) >= 11 is 0. The van der Waals surface area contributed by atoms with Gasteiger partial charge >= 0.3 is 0 Å². The van der Waals surface area contributed by atoms with Crippen LogP contribution in [0.4, 0.5) is 10.1 Å². The molecule has 1 atom stereocenters. The lowest BCUT2D eigenvalue weighted by atomic mass is 10.0. The van der Waals surface area contributed by atoms with Gasteiger partial charge in [0.25, 0.3) is 0 Å². The predicted molar refractivity (Wildman–Crippen MR) is 86.3 cm³/mol. The fraction of sp³-hybridized carbons (Fsp3) is 0.667. The Balaban J connectivity index is 1.94. The van der Waals surface area contributed by atoms with Crippen LogP contribution < -0.4 is 10.2 Å². The third-order valence-corrected chi connectivity index (χ3v) is 4.73. The minimum atomic E-state index is -0.0827. The van der Waals surface area contributed by atoms with Gasteiger partial charge < -0.3 is 10.2 Å². The molecule has 2 nitrogen and oxygen atoms in total. The molecule has 21 heavy (non-hydrogen) atoms. The SMILES string of the molecule is CCNC(C)c1cc(F)c(C)cc1N(CC1CC1)C1CC1. The topological polar surface area (TPSA) is 15.3 Å². The monoisotopic (exact) mass is 290 g/mol. The maximum atomic E-state index is 14.1. The summed E-state index contributed by atoms with van der Waals surface area (Å²) in [5, 5.41) is 3.44. The van der Waals surface area contributed by atoms with Crippen molar-refractivity contribution >= 4 is 5.69 Å². The zero-order valence-electron chi connectivity index (χ0n) is 13.5. The predicted octanol–water partition coefficient (Wildman–Crippen LogP) is 4.18. The van der Waals surface area contributed by atoms with E-state index in [9.17, 15) is 4.39 Å². The highest BCUT2D eigenvalue weighted by Crippen LogP contribution is 2.40. The highest BCUT2D eigenvalue weighted by atomic mass is 19.1. The van der Waals surface area contributed by atoms with Crippen molar-refractivity contribution < 1.29 is 4.39 Å². The molecule has 0 spiro atoms. The minimum absolute atomic E-state index is 0.0827. The van der Waals surface area contributed by atoms with Gasteiger partial charge in [-0.1, -0.05) is 6.92 Å². The highest BCUT2D eigenvalue weighted by molar-refractivity contribution is 5.58. The summed E-state index contributed by atoms with van der Waals surface area (Å²) < 4.78 is 14.1. The molecule has 3 heteroatoms. The van der Waals surface area contributed by atoms with Gasteiger partial charge in [-0.15, -0.1) is 0 Å². The quantitative estimate of drug-likeness (QED) is 0.810. The van der Waals surface area contributed by atoms with Crippen molar-refractivity contribution in [3.63, 3.8) is 0 Å². The fourth-order valence-corrected chi connectivity index (χ4v) is 3.10. The molecule has 0 amide bonds. The molecule has 2 aliphatic carbocycles. The van der Waals surface area contributed by atoms with Crippen LogP contribution in [0.25, 0.3) is 0 Å². The molecule has 1 N–H and O–H groups in total. The molecule has 0 aliphatic heterocycles. The fourth-order valence-electron chi connectivity index (χ4n) is 3.10. The molecule has 2 saturated carbocycles. The Morgan fingerprint density at radius 3 is 2.57 bits per heavy atom. The Kier molecular flexibility index (Phi) is 4.21. The van der Waals surface area contributed by atoms with Gasteiger partial charge in [0.1, 0.15) is 5.82 Å². The van der Waals surface area contributed by atoms with Gasteiger partial charge in [0.2, 0.25) is 0 Å². The van der Waals surface area contributed by atoms with E-state index in [1.165, 1.54) is 31.4 Å². The third-order valence-electron chi connectivity index (χ3n) is 4.73. The van der Waals surface area contributed by atoms with Gasteiger partial charge in [-0.2, -0.15) is 0 Å². The molecular weight excluding hydrogens is 263 g/mol. The van der Waals surface area contributed by atoms with Gasteiger partial charge in [-0.05, 0) is 75.3 Å². The van der Waals surface area contributed by atoms with Crippen LogP contribution in [0.1, 0.15) is 56.7 Å². The van der Waals surface area contributed by atoms with Gasteiger partial charge in [-0.3, -0.25) is 0 Å². The van der Waals surface area contributed by atoms with Crippen LogP contribution >= 0.6 is 0 Å². The molecule has 2 fully saturated rings. The highest BCUT2D eigenvalue weighted by Gasteiger charge is 2.35. The zero-order chi connectivity index (χ0) is 15.0. The first-order valence-electron chi connectivity index (χ1n) is 8.40. The van der Waals surface area contributed by atoms with Gasteiger partial charge in [0.15, 0.2) is 0 Å². The number of anilines is 1. The first-order chi connectivity index (χ1) is 10.1. The third kappa shape index (κ3) is 3.39. The second-order valence-electron chi connectivity index (χ2n) is 6.77. The first-order valence-corrected chi connectivity index (χ1v) is 8.40. The van der Waals surface area contributed by atoms with E-state index in [4.69, 9.17) is 0 Å². The maximum absolute atomic E-state index is 14.1. The van der Waals surface area contributed by atoms with Gasteiger partial charge in [0, 0.05) is 24.3 Å². The van der Waals surface area contributed by atoms with Crippen LogP contribution in [0.3, 0.4) is 0 Å². The molecule has 116 valence electrons. The summed E-state index contributed by atoms with van der Waals surface area (Å²) in [6.07, 6.45) is 5.30. The van der Waals surface area contributed by atoms with Crippen molar-refractivity contribution in [1.82, 2.24) is 5.32 Å². The summed E-state index contributed by atoms with van der Waals surface area (Å²) in [5.41, 5.74) is 3.14. The average Bonchev–Trinajstić information content (AvgIpc) is 3.32. The van der Waals surface area contributed by atoms with E-state index in [0.29, 0.717) is 6.04 Å². The van der Waals surface area contributed by atoms with Crippen molar-refractivity contribution in [2.75, 3.05) is 18.0 Å². The summed E-state index contributed by atoms with van der Waals surface area (Å²) in [4.78, 5) is 2.56. The lowest BCUT2D eigenvalue weighted by molar-refractivity contribution is 0.575. The van der Waals surface area contributed by atoms with Crippen molar-refractivity contribution in [3.8, 4) is 0 Å². The lowest BCUT2D eigenvalue weighted by Crippen LogP contribution is -2.31. The first kappa shape index (κ1) is 14.8. The smallest absolute Gasteiger partial charge is 0.126 e. The average molecular weight is 290 g/mol. The Hall–Kier alpha value is -1.09. The molecule has 0 aromatic heterocycles. The van der Waals surface area contributed by atoms with Crippen LogP contribution in [0, 0.1) is 18.7 Å². The van der Waals surface area contributed by atoms with E-state index < -0.39 is 0 Å². The van der Waals surface area contributed by atoms with Crippen molar-refractivity contribution in [3.05, 3.63) is 29.1 Å². The normalized spacial score (nSPS) is 19.6. The molecule has 0 radical (unpaired) electrons. The molecular formula is C18H27FN2. The van der Waals surface area contributed by atoms with Crippen LogP contribution in [-0.2, 0) is 0 Å². The zero-order valence-corrected chi connectivity index (χ0v) is 13.5. The number of aryl methyl sites for hydroxylation is 1. The molecule has 2 aliphatic rings.